The van der Waals surface area contributed by atoms with Crippen LogP contribution in [0.3, 0.4) is 0 Å². The van der Waals surface area contributed by atoms with Crippen molar-refractivity contribution in [3.05, 3.63) is 0 Å². The Balaban J connectivity index is 2.10. The second kappa shape index (κ2) is 7.96. The summed E-state index contributed by atoms with van der Waals surface area (Å²) in [7, 11) is 0. The average Bonchev–Trinajstić information content (AvgIpc) is 2.28. The molecule has 0 aromatic heterocycles. The van der Waals surface area contributed by atoms with Gasteiger partial charge in [-0.25, -0.2) is 0 Å². The zero-order chi connectivity index (χ0) is 11.8. The second-order valence-corrected chi connectivity index (χ2v) is 5.67. The summed E-state index contributed by atoms with van der Waals surface area (Å²) in [4.78, 5) is 11.7. The molecule has 4 heteroatoms. The quantitative estimate of drug-likeness (QED) is 0.744. The number of hydrogen-bond donors (Lipinski definition) is 2. The lowest BCUT2D eigenvalue weighted by molar-refractivity contribution is -0.122. The summed E-state index contributed by atoms with van der Waals surface area (Å²) in [5.74, 6) is 2.53. The van der Waals surface area contributed by atoms with Crippen LogP contribution in [0, 0.1) is 11.8 Å². The molecular weight excluding hydrogens is 220 g/mol. The Labute approximate surface area is 103 Å². The van der Waals surface area contributed by atoms with E-state index in [4.69, 9.17) is 0 Å². The summed E-state index contributed by atoms with van der Waals surface area (Å²) in [6, 6.07) is 0. The van der Waals surface area contributed by atoms with Crippen molar-refractivity contribution in [2.45, 2.75) is 26.2 Å². The monoisotopic (exact) mass is 244 g/mol. The summed E-state index contributed by atoms with van der Waals surface area (Å²) >= 11 is 1.84. The van der Waals surface area contributed by atoms with Crippen LogP contribution in [0.25, 0.3) is 0 Å². The Morgan fingerprint density at radius 1 is 1.50 bits per heavy atom. The summed E-state index contributed by atoms with van der Waals surface area (Å²) in [5, 5.41) is 6.36. The first-order valence-corrected chi connectivity index (χ1v) is 7.58. The number of thioether (sulfide) groups is 1. The number of nitrogens with one attached hydrogen (secondary N) is 2. The van der Waals surface area contributed by atoms with Gasteiger partial charge >= 0.3 is 0 Å². The molecule has 1 fully saturated rings. The van der Waals surface area contributed by atoms with E-state index in [2.05, 4.69) is 23.8 Å². The molecule has 1 aliphatic heterocycles. The predicted molar refractivity (Wildman–Crippen MR) is 70.8 cm³/mol. The standard InChI is InChI=1S/C12H24N2OS/c1-10(9-16-2)8-14-12(15)7-11-3-5-13-6-4-11/h10-11,13H,3-9H2,1-2H3,(H,14,15). The van der Waals surface area contributed by atoms with Crippen molar-refractivity contribution < 1.29 is 4.79 Å². The van der Waals surface area contributed by atoms with E-state index >= 15 is 0 Å². The molecule has 1 heterocycles. The number of carbonyl (C=O) groups excluding carboxylic acids is 1. The molecule has 0 bridgehead atoms. The number of amides is 1. The van der Waals surface area contributed by atoms with Gasteiger partial charge in [-0.1, -0.05) is 6.92 Å². The smallest absolute Gasteiger partial charge is 0.220 e. The molecule has 1 unspecified atom stereocenters. The van der Waals surface area contributed by atoms with Gasteiger partial charge in [-0.05, 0) is 49.8 Å². The molecule has 0 radical (unpaired) electrons. The van der Waals surface area contributed by atoms with Crippen molar-refractivity contribution in [3.63, 3.8) is 0 Å². The highest BCUT2D eigenvalue weighted by Gasteiger charge is 2.16. The molecule has 1 aliphatic rings. The van der Waals surface area contributed by atoms with Gasteiger partial charge in [-0.2, -0.15) is 11.8 Å². The van der Waals surface area contributed by atoms with Crippen LogP contribution in [0.2, 0.25) is 0 Å². The van der Waals surface area contributed by atoms with Crippen LogP contribution in [-0.4, -0.2) is 37.6 Å². The third-order valence-electron chi connectivity index (χ3n) is 3.03. The highest BCUT2D eigenvalue weighted by atomic mass is 32.2. The molecule has 94 valence electrons. The van der Waals surface area contributed by atoms with Crippen molar-refractivity contribution in [1.29, 1.82) is 0 Å². The van der Waals surface area contributed by atoms with Crippen molar-refractivity contribution in [2.24, 2.45) is 11.8 Å². The Hall–Kier alpha value is -0.220. The number of carbonyl (C=O) groups is 1. The molecule has 16 heavy (non-hydrogen) atoms. The van der Waals surface area contributed by atoms with E-state index < -0.39 is 0 Å². The van der Waals surface area contributed by atoms with Crippen LogP contribution in [0.15, 0.2) is 0 Å². The van der Waals surface area contributed by atoms with E-state index in [1.807, 2.05) is 11.8 Å². The molecule has 0 saturated carbocycles. The molecular formula is C12H24N2OS. The van der Waals surface area contributed by atoms with Crippen LogP contribution in [0.4, 0.5) is 0 Å². The third-order valence-corrected chi connectivity index (χ3v) is 3.93. The van der Waals surface area contributed by atoms with Crippen LogP contribution in [0.5, 0.6) is 0 Å². The maximum Gasteiger partial charge on any atom is 0.220 e. The summed E-state index contributed by atoms with van der Waals surface area (Å²) in [6.07, 6.45) is 5.11. The number of hydrogen-bond acceptors (Lipinski definition) is 3. The first-order valence-electron chi connectivity index (χ1n) is 6.18. The van der Waals surface area contributed by atoms with E-state index in [-0.39, 0.29) is 5.91 Å². The normalized spacial score (nSPS) is 19.4. The first-order chi connectivity index (χ1) is 7.72. The molecule has 2 N–H and O–H groups in total. The predicted octanol–water partition coefficient (Wildman–Crippen LogP) is 1.49. The van der Waals surface area contributed by atoms with Gasteiger partial charge in [-0.15, -0.1) is 0 Å². The Morgan fingerprint density at radius 3 is 2.81 bits per heavy atom. The van der Waals surface area contributed by atoms with E-state index in [1.165, 1.54) is 0 Å². The van der Waals surface area contributed by atoms with Crippen LogP contribution >= 0.6 is 11.8 Å². The fraction of sp³-hybridized carbons (Fsp3) is 0.917. The van der Waals surface area contributed by atoms with Gasteiger partial charge in [0.25, 0.3) is 0 Å². The maximum atomic E-state index is 11.7. The van der Waals surface area contributed by atoms with Gasteiger partial charge in [0.05, 0.1) is 0 Å². The molecule has 1 saturated heterocycles. The van der Waals surface area contributed by atoms with Crippen molar-refractivity contribution >= 4 is 17.7 Å². The number of rotatable bonds is 6. The fourth-order valence-electron chi connectivity index (χ4n) is 2.05. The molecule has 0 aliphatic carbocycles. The zero-order valence-electron chi connectivity index (χ0n) is 10.4. The molecule has 3 nitrogen and oxygen atoms in total. The topological polar surface area (TPSA) is 41.1 Å². The Kier molecular flexibility index (Phi) is 6.88. The summed E-state index contributed by atoms with van der Waals surface area (Å²) < 4.78 is 0. The largest absolute Gasteiger partial charge is 0.356 e. The third kappa shape index (κ3) is 5.75. The zero-order valence-corrected chi connectivity index (χ0v) is 11.2. The van der Waals surface area contributed by atoms with Crippen molar-refractivity contribution in [2.75, 3.05) is 31.6 Å². The van der Waals surface area contributed by atoms with Gasteiger partial charge in [0.2, 0.25) is 5.91 Å². The first kappa shape index (κ1) is 13.8. The molecule has 0 spiro atoms. The van der Waals surface area contributed by atoms with Crippen LogP contribution < -0.4 is 10.6 Å². The van der Waals surface area contributed by atoms with Crippen molar-refractivity contribution in [3.8, 4) is 0 Å². The maximum absolute atomic E-state index is 11.7. The molecule has 1 amide bonds. The summed E-state index contributed by atoms with van der Waals surface area (Å²) in [6.45, 7) is 5.15. The van der Waals surface area contributed by atoms with Gasteiger partial charge in [0.15, 0.2) is 0 Å². The fourth-order valence-corrected chi connectivity index (χ4v) is 2.74. The van der Waals surface area contributed by atoms with E-state index in [0.29, 0.717) is 18.3 Å². The highest BCUT2D eigenvalue weighted by molar-refractivity contribution is 7.98. The van der Waals surface area contributed by atoms with Gasteiger partial charge in [0.1, 0.15) is 0 Å². The molecule has 1 atom stereocenters. The van der Waals surface area contributed by atoms with Gasteiger partial charge < -0.3 is 10.6 Å². The molecule has 0 aromatic rings. The van der Waals surface area contributed by atoms with E-state index in [1.54, 1.807) is 0 Å². The summed E-state index contributed by atoms with van der Waals surface area (Å²) in [5.41, 5.74) is 0. The van der Waals surface area contributed by atoms with Crippen LogP contribution in [-0.2, 0) is 4.79 Å². The minimum absolute atomic E-state index is 0.236. The lowest BCUT2D eigenvalue weighted by atomic mass is 9.94. The van der Waals surface area contributed by atoms with Gasteiger partial charge in [0, 0.05) is 13.0 Å². The lowest BCUT2D eigenvalue weighted by Gasteiger charge is -2.22. The highest BCUT2D eigenvalue weighted by Crippen LogP contribution is 2.15. The Morgan fingerprint density at radius 2 is 2.19 bits per heavy atom. The SMILES string of the molecule is CSCC(C)CNC(=O)CC1CCNCC1. The molecule has 1 rings (SSSR count). The Bertz CT molecular complexity index is 205. The van der Waals surface area contributed by atoms with E-state index in [0.717, 1.165) is 38.2 Å². The van der Waals surface area contributed by atoms with Crippen molar-refractivity contribution in [1.82, 2.24) is 10.6 Å². The average molecular weight is 244 g/mol. The molecule has 0 aromatic carbocycles. The van der Waals surface area contributed by atoms with E-state index in [9.17, 15) is 4.79 Å². The minimum atomic E-state index is 0.236. The minimum Gasteiger partial charge on any atom is -0.356 e. The van der Waals surface area contributed by atoms with Gasteiger partial charge in [-0.3, -0.25) is 4.79 Å². The second-order valence-electron chi connectivity index (χ2n) is 4.76. The lowest BCUT2D eigenvalue weighted by Crippen LogP contribution is -2.34. The van der Waals surface area contributed by atoms with Crippen LogP contribution in [0.1, 0.15) is 26.2 Å². The number of piperidine rings is 1.